The van der Waals surface area contributed by atoms with Gasteiger partial charge in [-0.15, -0.1) is 11.8 Å². The Labute approximate surface area is 89.7 Å². The molecule has 0 aliphatic rings. The number of nitrogens with zero attached hydrogens (tertiary/aromatic N) is 1. The molecule has 0 bridgehead atoms. The number of hydrogen-bond donors (Lipinski definition) is 1. The summed E-state index contributed by atoms with van der Waals surface area (Å²) in [5, 5.41) is 17.3. The van der Waals surface area contributed by atoms with Crippen LogP contribution >= 0.6 is 27.7 Å². The maximum atomic E-state index is 8.66. The number of aliphatic hydroxyl groups is 1. The average Bonchev–Trinajstić information content (AvgIpc) is 2.15. The van der Waals surface area contributed by atoms with E-state index in [-0.39, 0.29) is 6.61 Å². The average molecular weight is 258 g/mol. The second-order valence-electron chi connectivity index (χ2n) is 2.33. The van der Waals surface area contributed by atoms with Crippen LogP contribution in [0.25, 0.3) is 0 Å². The molecule has 1 rings (SSSR count). The molecular formula is C9H8BrNOS. The topological polar surface area (TPSA) is 44.0 Å². The third-order valence-electron chi connectivity index (χ3n) is 1.42. The number of hydrogen-bond acceptors (Lipinski definition) is 3. The van der Waals surface area contributed by atoms with Crippen LogP contribution in [0.4, 0.5) is 0 Å². The van der Waals surface area contributed by atoms with Crippen molar-refractivity contribution in [3.8, 4) is 6.07 Å². The van der Waals surface area contributed by atoms with Crippen LogP contribution < -0.4 is 0 Å². The van der Waals surface area contributed by atoms with Crippen molar-refractivity contribution >= 4 is 27.7 Å². The van der Waals surface area contributed by atoms with E-state index >= 15 is 0 Å². The van der Waals surface area contributed by atoms with E-state index in [1.165, 1.54) is 0 Å². The number of thioether (sulfide) groups is 1. The minimum atomic E-state index is 0.169. The molecule has 0 aromatic heterocycles. The van der Waals surface area contributed by atoms with Crippen LogP contribution in [-0.2, 0) is 0 Å². The van der Waals surface area contributed by atoms with E-state index in [1.807, 2.05) is 12.1 Å². The Hall–Kier alpha value is -0.500. The first-order chi connectivity index (χ1) is 6.27. The minimum Gasteiger partial charge on any atom is -0.396 e. The molecule has 0 spiro atoms. The zero-order valence-corrected chi connectivity index (χ0v) is 9.23. The molecule has 0 heterocycles. The smallest absolute Gasteiger partial charge is 0.100 e. The lowest BCUT2D eigenvalue weighted by molar-refractivity contribution is 0.322. The first-order valence-corrected chi connectivity index (χ1v) is 5.49. The van der Waals surface area contributed by atoms with Crippen LogP contribution in [0.5, 0.6) is 0 Å². The molecule has 1 N–H and O–H groups in total. The normalized spacial score (nSPS) is 9.62. The fourth-order valence-electron chi connectivity index (χ4n) is 0.840. The lowest BCUT2D eigenvalue weighted by Gasteiger charge is -2.00. The summed E-state index contributed by atoms with van der Waals surface area (Å²) in [7, 11) is 0. The number of nitriles is 1. The van der Waals surface area contributed by atoms with Gasteiger partial charge < -0.3 is 5.11 Å². The number of halogens is 1. The highest BCUT2D eigenvalue weighted by Crippen LogP contribution is 2.24. The number of rotatable bonds is 3. The van der Waals surface area contributed by atoms with Gasteiger partial charge in [0.25, 0.3) is 0 Å². The second-order valence-corrected chi connectivity index (χ2v) is 4.35. The maximum Gasteiger partial charge on any atom is 0.100 e. The maximum absolute atomic E-state index is 8.66. The second kappa shape index (κ2) is 5.28. The van der Waals surface area contributed by atoms with Gasteiger partial charge in [0.05, 0.1) is 12.2 Å². The largest absolute Gasteiger partial charge is 0.396 e. The molecule has 13 heavy (non-hydrogen) atoms. The summed E-state index contributed by atoms with van der Waals surface area (Å²) in [5.41, 5.74) is 0.633. The highest BCUT2D eigenvalue weighted by atomic mass is 79.9. The van der Waals surface area contributed by atoms with Crippen molar-refractivity contribution in [2.75, 3.05) is 12.4 Å². The van der Waals surface area contributed by atoms with Gasteiger partial charge in [0.15, 0.2) is 0 Å². The molecule has 0 atom stereocenters. The Balaban J connectivity index is 2.79. The zero-order chi connectivity index (χ0) is 9.68. The summed E-state index contributed by atoms with van der Waals surface area (Å²) >= 11 is 4.87. The summed E-state index contributed by atoms with van der Waals surface area (Å²) < 4.78 is 0.804. The van der Waals surface area contributed by atoms with Crippen molar-refractivity contribution in [3.05, 3.63) is 28.2 Å². The third-order valence-corrected chi connectivity index (χ3v) is 3.05. The quantitative estimate of drug-likeness (QED) is 0.846. The lowest BCUT2D eigenvalue weighted by Crippen LogP contribution is -1.86. The number of aliphatic hydroxyl groups excluding tert-OH is 1. The van der Waals surface area contributed by atoms with Gasteiger partial charge in [0.1, 0.15) is 6.07 Å². The van der Waals surface area contributed by atoms with Gasteiger partial charge in [-0.05, 0) is 34.1 Å². The van der Waals surface area contributed by atoms with Crippen LogP contribution in [0.2, 0.25) is 0 Å². The molecule has 4 heteroatoms. The predicted octanol–water partition coefficient (Wildman–Crippen LogP) is 2.41. The molecule has 1 aromatic carbocycles. The van der Waals surface area contributed by atoms with Crippen LogP contribution in [0.3, 0.4) is 0 Å². The van der Waals surface area contributed by atoms with E-state index in [0.717, 1.165) is 9.37 Å². The fourth-order valence-corrected chi connectivity index (χ4v) is 2.15. The molecule has 1 aromatic rings. The summed E-state index contributed by atoms with van der Waals surface area (Å²) in [6, 6.07) is 7.61. The van der Waals surface area contributed by atoms with Gasteiger partial charge in [-0.3, -0.25) is 0 Å². The summed E-state index contributed by atoms with van der Waals surface area (Å²) in [5.74, 6) is 0.679. The van der Waals surface area contributed by atoms with Crippen molar-refractivity contribution in [1.82, 2.24) is 0 Å². The monoisotopic (exact) mass is 257 g/mol. The van der Waals surface area contributed by atoms with Gasteiger partial charge in [-0.2, -0.15) is 5.26 Å². The molecule has 2 nitrogen and oxygen atoms in total. The van der Waals surface area contributed by atoms with Crippen LogP contribution in [0, 0.1) is 11.3 Å². The Bertz CT molecular complexity index is 335. The van der Waals surface area contributed by atoms with E-state index in [9.17, 15) is 0 Å². The SMILES string of the molecule is N#Cc1ccc(SCCO)cc1Br. The van der Waals surface area contributed by atoms with Crippen LogP contribution in [0.1, 0.15) is 5.56 Å². The van der Waals surface area contributed by atoms with E-state index in [0.29, 0.717) is 11.3 Å². The van der Waals surface area contributed by atoms with Crippen molar-refractivity contribution in [1.29, 1.82) is 5.26 Å². The third kappa shape index (κ3) is 3.03. The van der Waals surface area contributed by atoms with Crippen LogP contribution in [0.15, 0.2) is 27.6 Å². The number of benzene rings is 1. The molecular weight excluding hydrogens is 250 g/mol. The van der Waals surface area contributed by atoms with Gasteiger partial charge in [0.2, 0.25) is 0 Å². The van der Waals surface area contributed by atoms with E-state index < -0.39 is 0 Å². The van der Waals surface area contributed by atoms with Gasteiger partial charge in [0, 0.05) is 15.1 Å². The first kappa shape index (κ1) is 10.6. The minimum absolute atomic E-state index is 0.169. The highest BCUT2D eigenvalue weighted by Gasteiger charge is 2.00. The Morgan fingerprint density at radius 3 is 2.85 bits per heavy atom. The van der Waals surface area contributed by atoms with Gasteiger partial charge >= 0.3 is 0 Å². The molecule has 0 radical (unpaired) electrons. The molecule has 68 valence electrons. The Kier molecular flexibility index (Phi) is 4.29. The standard InChI is InChI=1S/C9H8BrNOS/c10-9-5-8(13-4-3-12)2-1-7(9)6-11/h1-2,5,12H,3-4H2. The van der Waals surface area contributed by atoms with Gasteiger partial charge in [-0.25, -0.2) is 0 Å². The van der Waals surface area contributed by atoms with Gasteiger partial charge in [-0.1, -0.05) is 0 Å². The van der Waals surface area contributed by atoms with Crippen LogP contribution in [-0.4, -0.2) is 17.5 Å². The van der Waals surface area contributed by atoms with Crippen molar-refractivity contribution < 1.29 is 5.11 Å². The molecule has 0 saturated carbocycles. The van der Waals surface area contributed by atoms with Crippen molar-refractivity contribution in [3.63, 3.8) is 0 Å². The molecule has 0 aliphatic heterocycles. The van der Waals surface area contributed by atoms with E-state index in [1.54, 1.807) is 17.8 Å². The van der Waals surface area contributed by atoms with Crippen molar-refractivity contribution in [2.24, 2.45) is 0 Å². The zero-order valence-electron chi connectivity index (χ0n) is 6.83. The summed E-state index contributed by atoms with van der Waals surface area (Å²) in [6.45, 7) is 0.169. The summed E-state index contributed by atoms with van der Waals surface area (Å²) in [6.07, 6.45) is 0. The highest BCUT2D eigenvalue weighted by molar-refractivity contribution is 9.10. The predicted molar refractivity (Wildman–Crippen MR) is 56.7 cm³/mol. The molecule has 0 saturated heterocycles. The molecule has 0 unspecified atom stereocenters. The van der Waals surface area contributed by atoms with E-state index in [2.05, 4.69) is 22.0 Å². The van der Waals surface area contributed by atoms with E-state index in [4.69, 9.17) is 10.4 Å². The fraction of sp³-hybridized carbons (Fsp3) is 0.222. The molecule has 0 aliphatic carbocycles. The van der Waals surface area contributed by atoms with Crippen molar-refractivity contribution in [2.45, 2.75) is 4.90 Å². The Morgan fingerprint density at radius 1 is 1.54 bits per heavy atom. The molecule has 0 amide bonds. The lowest BCUT2D eigenvalue weighted by atomic mass is 10.2. The molecule has 0 fully saturated rings. The Morgan fingerprint density at radius 2 is 2.31 bits per heavy atom. The first-order valence-electron chi connectivity index (χ1n) is 3.71. The summed E-state index contributed by atoms with van der Waals surface area (Å²) in [4.78, 5) is 1.06.